The lowest BCUT2D eigenvalue weighted by Gasteiger charge is -2.20. The number of carbonyl (C=O) groups is 2. The van der Waals surface area contributed by atoms with E-state index in [1.165, 1.54) is 0 Å². The van der Waals surface area contributed by atoms with Crippen LogP contribution < -0.4 is 5.32 Å². The molecule has 2 N–H and O–H groups in total. The maximum absolute atomic E-state index is 12.4. The van der Waals surface area contributed by atoms with Gasteiger partial charge in [0.05, 0.1) is 6.42 Å². The van der Waals surface area contributed by atoms with E-state index in [1.807, 2.05) is 0 Å². The van der Waals surface area contributed by atoms with E-state index in [-0.39, 0.29) is 12.3 Å². The number of aliphatic carboxylic acids is 1. The minimum absolute atomic E-state index is 0.117. The van der Waals surface area contributed by atoms with Crippen LogP contribution in [0.2, 0.25) is 0 Å². The third-order valence-electron chi connectivity index (χ3n) is 2.78. The molecule has 0 aliphatic rings. The minimum Gasteiger partial charge on any atom is -0.481 e. The Kier molecular flexibility index (Phi) is 5.34. The lowest BCUT2D eigenvalue weighted by atomic mass is 10.0. The van der Waals surface area contributed by atoms with Crippen molar-refractivity contribution in [2.24, 2.45) is 5.92 Å². The summed E-state index contributed by atoms with van der Waals surface area (Å²) in [5.74, 6) is -1.77. The minimum atomic E-state index is -4.56. The number of carbonyl (C=O) groups excluding carboxylic acids is 1. The second-order valence-corrected chi connectivity index (χ2v) is 4.91. The van der Waals surface area contributed by atoms with Crippen molar-refractivity contribution in [1.82, 2.24) is 15.1 Å². The SMILES string of the molecule is CC(C)C(CC(=O)O)NC(=O)Cn1ccc(C(F)(F)F)n1. The topological polar surface area (TPSA) is 84.2 Å². The summed E-state index contributed by atoms with van der Waals surface area (Å²) in [5.41, 5.74) is -1.08. The largest absolute Gasteiger partial charge is 0.481 e. The Labute approximate surface area is 118 Å². The summed E-state index contributed by atoms with van der Waals surface area (Å²) in [7, 11) is 0. The van der Waals surface area contributed by atoms with Gasteiger partial charge in [0.2, 0.25) is 5.91 Å². The van der Waals surface area contributed by atoms with Crippen LogP contribution in [0, 0.1) is 5.92 Å². The van der Waals surface area contributed by atoms with Gasteiger partial charge in [-0.05, 0) is 12.0 Å². The molecular weight excluding hydrogens is 291 g/mol. The van der Waals surface area contributed by atoms with E-state index in [9.17, 15) is 22.8 Å². The van der Waals surface area contributed by atoms with Crippen molar-refractivity contribution in [2.45, 2.75) is 39.0 Å². The predicted molar refractivity (Wildman–Crippen MR) is 66.3 cm³/mol. The Morgan fingerprint density at radius 3 is 2.48 bits per heavy atom. The number of carboxylic acid groups (broad SMARTS) is 1. The summed E-state index contributed by atoms with van der Waals surface area (Å²) in [6.07, 6.45) is -3.77. The van der Waals surface area contributed by atoms with E-state index < -0.39 is 36.3 Å². The molecule has 0 fully saturated rings. The van der Waals surface area contributed by atoms with Crippen LogP contribution in [0.1, 0.15) is 26.0 Å². The summed E-state index contributed by atoms with van der Waals surface area (Å²) in [6.45, 7) is 3.08. The molecule has 1 aromatic heterocycles. The zero-order chi connectivity index (χ0) is 16.2. The van der Waals surface area contributed by atoms with E-state index in [4.69, 9.17) is 5.11 Å². The fourth-order valence-corrected chi connectivity index (χ4v) is 1.64. The molecule has 1 amide bonds. The molecule has 1 unspecified atom stereocenters. The molecule has 1 rings (SSSR count). The van der Waals surface area contributed by atoms with Gasteiger partial charge < -0.3 is 10.4 Å². The van der Waals surface area contributed by atoms with Crippen LogP contribution in [0.4, 0.5) is 13.2 Å². The Bertz CT molecular complexity index is 511. The molecule has 0 saturated heterocycles. The maximum Gasteiger partial charge on any atom is 0.435 e. The number of hydrogen-bond donors (Lipinski definition) is 2. The average Bonchev–Trinajstić information content (AvgIpc) is 2.75. The quantitative estimate of drug-likeness (QED) is 0.834. The van der Waals surface area contributed by atoms with Gasteiger partial charge in [0.15, 0.2) is 5.69 Å². The van der Waals surface area contributed by atoms with Crippen molar-refractivity contribution < 1.29 is 27.9 Å². The monoisotopic (exact) mass is 307 g/mol. The van der Waals surface area contributed by atoms with Crippen LogP contribution in [0.3, 0.4) is 0 Å². The number of nitrogens with zero attached hydrogens (tertiary/aromatic N) is 2. The third-order valence-corrected chi connectivity index (χ3v) is 2.78. The van der Waals surface area contributed by atoms with Gasteiger partial charge in [0, 0.05) is 12.2 Å². The van der Waals surface area contributed by atoms with Crippen molar-refractivity contribution in [2.75, 3.05) is 0 Å². The number of rotatable bonds is 6. The van der Waals surface area contributed by atoms with Crippen LogP contribution >= 0.6 is 0 Å². The van der Waals surface area contributed by atoms with Gasteiger partial charge in [0.25, 0.3) is 0 Å². The molecule has 6 nitrogen and oxygen atoms in total. The summed E-state index contributed by atoms with van der Waals surface area (Å²) in [5, 5.41) is 14.5. The Hall–Kier alpha value is -2.06. The summed E-state index contributed by atoms with van der Waals surface area (Å²) in [6, 6.07) is 0.178. The fourth-order valence-electron chi connectivity index (χ4n) is 1.64. The number of aromatic nitrogens is 2. The summed E-state index contributed by atoms with van der Waals surface area (Å²) < 4.78 is 37.9. The summed E-state index contributed by atoms with van der Waals surface area (Å²) in [4.78, 5) is 22.4. The zero-order valence-corrected chi connectivity index (χ0v) is 11.5. The molecule has 0 aromatic carbocycles. The van der Waals surface area contributed by atoms with Gasteiger partial charge >= 0.3 is 12.1 Å². The van der Waals surface area contributed by atoms with Crippen molar-refractivity contribution in [3.8, 4) is 0 Å². The van der Waals surface area contributed by atoms with Crippen LogP contribution in [-0.2, 0) is 22.3 Å². The molecule has 0 aliphatic heterocycles. The maximum atomic E-state index is 12.4. The molecule has 9 heteroatoms. The number of alkyl halides is 3. The molecule has 1 heterocycles. The number of carboxylic acids is 1. The second-order valence-electron chi connectivity index (χ2n) is 4.91. The van der Waals surface area contributed by atoms with Gasteiger partial charge in [-0.15, -0.1) is 0 Å². The molecule has 0 radical (unpaired) electrons. The first-order valence-corrected chi connectivity index (χ1v) is 6.21. The van der Waals surface area contributed by atoms with Gasteiger partial charge in [0.1, 0.15) is 6.54 Å². The molecule has 0 spiro atoms. The fraction of sp³-hybridized carbons (Fsp3) is 0.583. The standard InChI is InChI=1S/C12H16F3N3O3/c1-7(2)8(5-11(20)21)16-10(19)6-18-4-3-9(17-18)12(13,14)15/h3-4,7-8H,5-6H2,1-2H3,(H,16,19)(H,20,21). The first-order chi connectivity index (χ1) is 9.59. The second kappa shape index (κ2) is 6.59. The first-order valence-electron chi connectivity index (χ1n) is 6.21. The van der Waals surface area contributed by atoms with Gasteiger partial charge in [-0.3, -0.25) is 14.3 Å². The number of hydrogen-bond acceptors (Lipinski definition) is 3. The molecule has 0 aliphatic carbocycles. The highest BCUT2D eigenvalue weighted by Crippen LogP contribution is 2.27. The van der Waals surface area contributed by atoms with Crippen molar-refractivity contribution in [1.29, 1.82) is 0 Å². The number of nitrogens with one attached hydrogen (secondary N) is 1. The van der Waals surface area contributed by atoms with Crippen LogP contribution in [0.25, 0.3) is 0 Å². The van der Waals surface area contributed by atoms with Gasteiger partial charge in [-0.2, -0.15) is 18.3 Å². The Balaban J connectivity index is 2.64. The molecule has 118 valence electrons. The van der Waals surface area contributed by atoms with Crippen molar-refractivity contribution >= 4 is 11.9 Å². The molecule has 0 bridgehead atoms. The normalized spacial score (nSPS) is 13.2. The van der Waals surface area contributed by atoms with E-state index in [1.54, 1.807) is 13.8 Å². The first kappa shape index (κ1) is 17.0. The summed E-state index contributed by atoms with van der Waals surface area (Å²) >= 11 is 0. The van der Waals surface area contributed by atoms with Crippen LogP contribution in [-0.4, -0.2) is 32.8 Å². The molecule has 1 atom stereocenters. The number of amides is 1. The Morgan fingerprint density at radius 2 is 2.05 bits per heavy atom. The van der Waals surface area contributed by atoms with E-state index >= 15 is 0 Å². The van der Waals surface area contributed by atoms with Crippen molar-refractivity contribution in [3.63, 3.8) is 0 Å². The van der Waals surface area contributed by atoms with E-state index in [0.29, 0.717) is 0 Å². The smallest absolute Gasteiger partial charge is 0.435 e. The van der Waals surface area contributed by atoms with Gasteiger partial charge in [-0.1, -0.05) is 13.8 Å². The van der Waals surface area contributed by atoms with Gasteiger partial charge in [-0.25, -0.2) is 0 Å². The lowest BCUT2D eigenvalue weighted by molar-refractivity contribution is -0.142. The van der Waals surface area contributed by atoms with Crippen LogP contribution in [0.5, 0.6) is 0 Å². The van der Waals surface area contributed by atoms with E-state index in [0.717, 1.165) is 16.9 Å². The highest BCUT2D eigenvalue weighted by molar-refractivity contribution is 5.77. The molecule has 0 saturated carbocycles. The predicted octanol–water partition coefficient (Wildman–Crippen LogP) is 1.52. The highest BCUT2D eigenvalue weighted by atomic mass is 19.4. The van der Waals surface area contributed by atoms with Crippen LogP contribution in [0.15, 0.2) is 12.3 Å². The Morgan fingerprint density at radius 1 is 1.43 bits per heavy atom. The molecule has 21 heavy (non-hydrogen) atoms. The molecular formula is C12H16F3N3O3. The third kappa shape index (κ3) is 5.44. The number of halogens is 3. The lowest BCUT2D eigenvalue weighted by Crippen LogP contribution is -2.41. The highest BCUT2D eigenvalue weighted by Gasteiger charge is 2.33. The average molecular weight is 307 g/mol. The molecule has 1 aromatic rings. The van der Waals surface area contributed by atoms with E-state index in [2.05, 4.69) is 10.4 Å². The van der Waals surface area contributed by atoms with Crippen molar-refractivity contribution in [3.05, 3.63) is 18.0 Å². The zero-order valence-electron chi connectivity index (χ0n) is 11.5.